The predicted molar refractivity (Wildman–Crippen MR) is 132 cm³/mol. The maximum absolute atomic E-state index is 13.2. The Morgan fingerprint density at radius 2 is 1.65 bits per heavy atom. The summed E-state index contributed by atoms with van der Waals surface area (Å²) in [6.45, 7) is 2.15. The fourth-order valence-electron chi connectivity index (χ4n) is 3.53. The number of carbonyl (C=O) groups excluding carboxylic acids is 2. The third kappa shape index (κ3) is 4.77. The molecule has 4 aromatic rings. The van der Waals surface area contributed by atoms with Gasteiger partial charge in [-0.05, 0) is 31.2 Å². The third-order valence-corrected chi connectivity index (χ3v) is 6.26. The molecule has 1 aliphatic heterocycles. The molecule has 2 N–H and O–H groups in total. The van der Waals surface area contributed by atoms with Crippen LogP contribution in [-0.2, 0) is 11.2 Å². The van der Waals surface area contributed by atoms with Crippen molar-refractivity contribution in [1.82, 2.24) is 4.98 Å². The largest absolute Gasteiger partial charge is 0.454 e. The van der Waals surface area contributed by atoms with Crippen LogP contribution in [0.25, 0.3) is 11.3 Å². The molecule has 2 heterocycles. The summed E-state index contributed by atoms with van der Waals surface area (Å²) >= 11 is 1.21. The quantitative estimate of drug-likeness (QED) is 0.399. The van der Waals surface area contributed by atoms with Gasteiger partial charge in [-0.1, -0.05) is 48.0 Å². The number of aromatic nitrogens is 1. The summed E-state index contributed by atoms with van der Waals surface area (Å²) in [7, 11) is 0. The zero-order valence-corrected chi connectivity index (χ0v) is 19.1. The number of anilines is 2. The van der Waals surface area contributed by atoms with Crippen LogP contribution in [-0.4, -0.2) is 23.6 Å². The highest BCUT2D eigenvalue weighted by Crippen LogP contribution is 2.35. The van der Waals surface area contributed by atoms with Crippen molar-refractivity contribution in [2.75, 3.05) is 17.4 Å². The summed E-state index contributed by atoms with van der Waals surface area (Å²) in [5, 5.41) is 6.34. The van der Waals surface area contributed by atoms with Gasteiger partial charge in [-0.2, -0.15) is 0 Å². The van der Waals surface area contributed by atoms with Crippen LogP contribution in [0, 0.1) is 6.92 Å². The van der Waals surface area contributed by atoms with E-state index in [-0.39, 0.29) is 25.0 Å². The van der Waals surface area contributed by atoms with E-state index in [0.717, 1.165) is 16.8 Å². The highest BCUT2D eigenvalue weighted by atomic mass is 32.1. The Bertz CT molecular complexity index is 1350. The number of aryl methyl sites for hydroxylation is 1. The summed E-state index contributed by atoms with van der Waals surface area (Å²) in [6.07, 6.45) is 0.0652. The molecule has 1 aliphatic rings. The van der Waals surface area contributed by atoms with Crippen molar-refractivity contribution in [3.8, 4) is 22.8 Å². The number of thiazole rings is 1. The van der Waals surface area contributed by atoms with Gasteiger partial charge in [-0.15, -0.1) is 11.3 Å². The second-order valence-electron chi connectivity index (χ2n) is 7.76. The molecule has 0 atom stereocenters. The summed E-state index contributed by atoms with van der Waals surface area (Å²) in [5.41, 5.74) is 3.77. The number of fused-ring (bicyclic) bond motifs is 1. The molecular formula is C26H21N3O4S. The topological polar surface area (TPSA) is 89.6 Å². The molecule has 0 radical (unpaired) electrons. The average molecular weight is 472 g/mol. The highest BCUT2D eigenvalue weighted by molar-refractivity contribution is 7.14. The Morgan fingerprint density at radius 3 is 2.44 bits per heavy atom. The summed E-state index contributed by atoms with van der Waals surface area (Å²) in [4.78, 5) is 30.9. The van der Waals surface area contributed by atoms with E-state index in [1.54, 1.807) is 18.2 Å². The van der Waals surface area contributed by atoms with Crippen molar-refractivity contribution < 1.29 is 19.1 Å². The van der Waals surface area contributed by atoms with Crippen LogP contribution in [0.3, 0.4) is 0 Å². The Labute approximate surface area is 200 Å². The molecule has 1 aromatic heterocycles. The standard InChI is InChI=1S/C26H21N3O4S/c1-16-7-9-18(10-8-16)27-22(30)14-23-29-24(17-5-3-2-4-6-17)25(34-23)26(31)28-19-11-12-20-21(13-19)33-15-32-20/h2-13H,14-15H2,1H3,(H,27,30)(H,28,31). The molecular weight excluding hydrogens is 450 g/mol. The van der Waals surface area contributed by atoms with Crippen LogP contribution in [0.2, 0.25) is 0 Å². The number of hydrogen-bond acceptors (Lipinski definition) is 6. The number of benzene rings is 3. The zero-order valence-electron chi connectivity index (χ0n) is 18.3. The van der Waals surface area contributed by atoms with Crippen molar-refractivity contribution in [1.29, 1.82) is 0 Å². The van der Waals surface area contributed by atoms with Gasteiger partial charge in [-0.3, -0.25) is 9.59 Å². The van der Waals surface area contributed by atoms with Crippen LogP contribution in [0.4, 0.5) is 11.4 Å². The summed E-state index contributed by atoms with van der Waals surface area (Å²) in [6, 6.07) is 22.3. The number of ether oxygens (including phenoxy) is 2. The number of hydrogen-bond donors (Lipinski definition) is 2. The molecule has 3 aromatic carbocycles. The fraction of sp³-hybridized carbons (Fsp3) is 0.115. The Morgan fingerprint density at radius 1 is 0.912 bits per heavy atom. The molecule has 34 heavy (non-hydrogen) atoms. The van der Waals surface area contributed by atoms with E-state index in [9.17, 15) is 9.59 Å². The monoisotopic (exact) mass is 471 g/mol. The molecule has 2 amide bonds. The molecule has 7 nitrogen and oxygen atoms in total. The lowest BCUT2D eigenvalue weighted by Gasteiger charge is -2.06. The first kappa shape index (κ1) is 21.7. The van der Waals surface area contributed by atoms with Crippen LogP contribution in [0.1, 0.15) is 20.2 Å². The fourth-order valence-corrected chi connectivity index (χ4v) is 4.51. The van der Waals surface area contributed by atoms with Crippen molar-refractivity contribution in [2.24, 2.45) is 0 Å². The van der Waals surface area contributed by atoms with Gasteiger partial charge in [0.15, 0.2) is 11.5 Å². The number of nitrogens with zero attached hydrogens (tertiary/aromatic N) is 1. The van der Waals surface area contributed by atoms with E-state index in [4.69, 9.17) is 9.47 Å². The molecule has 0 bridgehead atoms. The minimum absolute atomic E-state index is 0.0652. The second-order valence-corrected chi connectivity index (χ2v) is 8.85. The maximum Gasteiger partial charge on any atom is 0.268 e. The van der Waals surface area contributed by atoms with Crippen LogP contribution in [0.5, 0.6) is 11.5 Å². The molecule has 0 unspecified atom stereocenters. The molecule has 0 saturated heterocycles. The van der Waals surface area contributed by atoms with Gasteiger partial charge in [0, 0.05) is 23.0 Å². The van der Waals surface area contributed by atoms with E-state index < -0.39 is 0 Å². The normalized spacial score (nSPS) is 11.8. The van der Waals surface area contributed by atoms with Crippen LogP contribution < -0.4 is 20.1 Å². The first-order valence-electron chi connectivity index (χ1n) is 10.7. The Kier molecular flexibility index (Phi) is 5.97. The van der Waals surface area contributed by atoms with Crippen LogP contribution >= 0.6 is 11.3 Å². The van der Waals surface area contributed by atoms with Gasteiger partial charge in [0.05, 0.1) is 12.1 Å². The molecule has 0 aliphatic carbocycles. The van der Waals surface area contributed by atoms with Gasteiger partial charge in [0.25, 0.3) is 5.91 Å². The first-order valence-corrected chi connectivity index (χ1v) is 11.5. The third-order valence-electron chi connectivity index (χ3n) is 5.20. The Balaban J connectivity index is 1.38. The lowest BCUT2D eigenvalue weighted by atomic mass is 10.1. The van der Waals surface area contributed by atoms with Crippen molar-refractivity contribution in [3.05, 3.63) is 88.2 Å². The number of carbonyl (C=O) groups is 2. The molecule has 0 spiro atoms. The number of nitrogens with one attached hydrogen (secondary N) is 2. The minimum Gasteiger partial charge on any atom is -0.454 e. The second kappa shape index (κ2) is 9.36. The minimum atomic E-state index is -0.305. The van der Waals surface area contributed by atoms with E-state index >= 15 is 0 Å². The lowest BCUT2D eigenvalue weighted by molar-refractivity contribution is -0.115. The first-order chi connectivity index (χ1) is 16.5. The Hall–Kier alpha value is -4.17. The van der Waals surface area contributed by atoms with Gasteiger partial charge >= 0.3 is 0 Å². The van der Waals surface area contributed by atoms with Crippen molar-refractivity contribution in [3.63, 3.8) is 0 Å². The molecule has 0 fully saturated rings. The summed E-state index contributed by atoms with van der Waals surface area (Å²) < 4.78 is 10.7. The van der Waals surface area contributed by atoms with E-state index in [1.165, 1.54) is 11.3 Å². The van der Waals surface area contributed by atoms with Crippen molar-refractivity contribution >= 4 is 34.5 Å². The van der Waals surface area contributed by atoms with E-state index in [1.807, 2.05) is 61.5 Å². The van der Waals surface area contributed by atoms with Crippen LogP contribution in [0.15, 0.2) is 72.8 Å². The predicted octanol–water partition coefficient (Wildman–Crippen LogP) is 5.28. The summed E-state index contributed by atoms with van der Waals surface area (Å²) in [5.74, 6) is 0.724. The molecule has 0 saturated carbocycles. The van der Waals surface area contributed by atoms with Gasteiger partial charge < -0.3 is 20.1 Å². The van der Waals surface area contributed by atoms with Crippen molar-refractivity contribution in [2.45, 2.75) is 13.3 Å². The average Bonchev–Trinajstić information content (AvgIpc) is 3.48. The SMILES string of the molecule is Cc1ccc(NC(=O)Cc2nc(-c3ccccc3)c(C(=O)Nc3ccc4c(c3)OCO4)s2)cc1. The van der Waals surface area contributed by atoms with E-state index in [0.29, 0.717) is 32.8 Å². The smallest absolute Gasteiger partial charge is 0.268 e. The lowest BCUT2D eigenvalue weighted by Crippen LogP contribution is -2.14. The van der Waals surface area contributed by atoms with Gasteiger partial charge in [0.1, 0.15) is 9.88 Å². The van der Waals surface area contributed by atoms with E-state index in [2.05, 4.69) is 15.6 Å². The zero-order chi connectivity index (χ0) is 23.5. The number of rotatable bonds is 6. The highest BCUT2D eigenvalue weighted by Gasteiger charge is 2.22. The molecule has 170 valence electrons. The molecule has 5 rings (SSSR count). The molecule has 8 heteroatoms. The maximum atomic E-state index is 13.2. The van der Waals surface area contributed by atoms with Gasteiger partial charge in [-0.25, -0.2) is 4.98 Å². The number of amides is 2. The van der Waals surface area contributed by atoms with Gasteiger partial charge in [0.2, 0.25) is 12.7 Å².